The molecule has 2 fully saturated rings. The molecule has 0 bridgehead atoms. The van der Waals surface area contributed by atoms with Crippen LogP contribution in [0.15, 0.2) is 0 Å². The van der Waals surface area contributed by atoms with Crippen molar-refractivity contribution in [2.24, 2.45) is 22.7 Å². The molecule has 0 aromatic rings. The van der Waals surface area contributed by atoms with Crippen molar-refractivity contribution < 1.29 is 9.53 Å². The molecule has 2 saturated carbocycles. The van der Waals surface area contributed by atoms with Gasteiger partial charge in [-0.2, -0.15) is 0 Å². The molecule has 2 nitrogen and oxygen atoms in total. The van der Waals surface area contributed by atoms with Gasteiger partial charge in [-0.25, -0.2) is 0 Å². The van der Waals surface area contributed by atoms with Gasteiger partial charge in [-0.05, 0) is 49.4 Å². The maximum absolute atomic E-state index is 11.4. The van der Waals surface area contributed by atoms with Crippen molar-refractivity contribution >= 4 is 5.97 Å². The van der Waals surface area contributed by atoms with Crippen LogP contribution in [-0.2, 0) is 9.53 Å². The number of carbonyl (C=O) groups excluding carboxylic acids is 1. The largest absolute Gasteiger partial charge is 0.459 e. The minimum Gasteiger partial charge on any atom is -0.459 e. The van der Waals surface area contributed by atoms with Gasteiger partial charge in [0, 0.05) is 12.8 Å². The Balaban J connectivity index is 2.31. The van der Waals surface area contributed by atoms with E-state index in [1.165, 1.54) is 32.6 Å². The number of ether oxygens (including phenoxy) is 1. The summed E-state index contributed by atoms with van der Waals surface area (Å²) >= 11 is 0. The molecule has 0 aliphatic heterocycles. The zero-order valence-corrected chi connectivity index (χ0v) is 13.5. The van der Waals surface area contributed by atoms with E-state index >= 15 is 0 Å². The number of carbonyl (C=O) groups is 1. The Morgan fingerprint density at radius 1 is 1.11 bits per heavy atom. The lowest BCUT2D eigenvalue weighted by atomic mass is 9.46. The molecule has 0 heterocycles. The van der Waals surface area contributed by atoms with Crippen LogP contribution in [0.25, 0.3) is 0 Å². The van der Waals surface area contributed by atoms with Crippen LogP contribution in [0.4, 0.5) is 0 Å². The number of fused-ring (bicyclic) bond motifs is 1. The first-order valence-electron chi connectivity index (χ1n) is 7.81. The van der Waals surface area contributed by atoms with Crippen molar-refractivity contribution in [3.63, 3.8) is 0 Å². The smallest absolute Gasteiger partial charge is 0.303 e. The fraction of sp³-hybridized carbons (Fsp3) is 0.941. The van der Waals surface area contributed by atoms with Gasteiger partial charge in [0.2, 0.25) is 0 Å². The van der Waals surface area contributed by atoms with Crippen molar-refractivity contribution in [2.75, 3.05) is 0 Å². The Kier molecular flexibility index (Phi) is 3.52. The topological polar surface area (TPSA) is 26.3 Å². The van der Waals surface area contributed by atoms with E-state index in [0.717, 1.165) is 12.3 Å². The van der Waals surface area contributed by atoms with Crippen LogP contribution in [0.2, 0.25) is 0 Å². The summed E-state index contributed by atoms with van der Waals surface area (Å²) in [4.78, 5) is 11.4. The van der Waals surface area contributed by atoms with E-state index in [2.05, 4.69) is 34.6 Å². The van der Waals surface area contributed by atoms with Gasteiger partial charge in [-0.15, -0.1) is 0 Å². The summed E-state index contributed by atoms with van der Waals surface area (Å²) in [5, 5.41) is 0. The molecule has 19 heavy (non-hydrogen) atoms. The lowest BCUT2D eigenvalue weighted by molar-refractivity contribution is -0.194. The molecule has 2 aliphatic rings. The van der Waals surface area contributed by atoms with Crippen LogP contribution < -0.4 is 0 Å². The Hall–Kier alpha value is -0.530. The normalized spacial score (nSPS) is 45.4. The SMILES string of the molecule is CC(=O)O[C@]1(C)CCC2C(C)(C)CCC[C@]2(C)[C@H]1C. The maximum Gasteiger partial charge on any atom is 0.303 e. The molecule has 110 valence electrons. The zero-order valence-electron chi connectivity index (χ0n) is 13.5. The molecule has 0 aromatic heterocycles. The molecule has 1 unspecified atom stereocenters. The molecule has 0 amide bonds. The number of hydrogen-bond acceptors (Lipinski definition) is 2. The molecule has 4 atom stereocenters. The number of rotatable bonds is 1. The highest BCUT2D eigenvalue weighted by Gasteiger charge is 2.57. The van der Waals surface area contributed by atoms with Gasteiger partial charge in [-0.3, -0.25) is 4.79 Å². The Labute approximate surface area is 118 Å². The van der Waals surface area contributed by atoms with Crippen LogP contribution in [0.3, 0.4) is 0 Å². The molecular weight excluding hydrogens is 236 g/mol. The second-order valence-corrected chi connectivity index (χ2v) is 8.07. The van der Waals surface area contributed by atoms with Crippen molar-refractivity contribution in [1.29, 1.82) is 0 Å². The van der Waals surface area contributed by atoms with Gasteiger partial charge in [0.15, 0.2) is 0 Å². The molecule has 2 aliphatic carbocycles. The second kappa shape index (κ2) is 4.49. The van der Waals surface area contributed by atoms with E-state index in [-0.39, 0.29) is 11.6 Å². The van der Waals surface area contributed by atoms with Crippen LogP contribution >= 0.6 is 0 Å². The van der Waals surface area contributed by atoms with Crippen LogP contribution in [0, 0.1) is 22.7 Å². The van der Waals surface area contributed by atoms with E-state index in [1.54, 1.807) is 0 Å². The van der Waals surface area contributed by atoms with Crippen molar-refractivity contribution in [3.8, 4) is 0 Å². The quantitative estimate of drug-likeness (QED) is 0.650. The van der Waals surface area contributed by atoms with Crippen molar-refractivity contribution in [3.05, 3.63) is 0 Å². The molecular formula is C17H30O2. The third-order valence-corrected chi connectivity index (χ3v) is 6.49. The summed E-state index contributed by atoms with van der Waals surface area (Å²) < 4.78 is 5.73. The predicted molar refractivity (Wildman–Crippen MR) is 77.8 cm³/mol. The highest BCUT2D eigenvalue weighted by atomic mass is 16.6. The lowest BCUT2D eigenvalue weighted by Crippen LogP contribution is -2.57. The van der Waals surface area contributed by atoms with E-state index in [0.29, 0.717) is 16.7 Å². The van der Waals surface area contributed by atoms with Gasteiger partial charge in [-0.1, -0.05) is 34.1 Å². The van der Waals surface area contributed by atoms with E-state index in [4.69, 9.17) is 4.74 Å². The highest BCUT2D eigenvalue weighted by molar-refractivity contribution is 5.66. The molecule has 2 heteroatoms. The van der Waals surface area contributed by atoms with Gasteiger partial charge < -0.3 is 4.74 Å². The monoisotopic (exact) mass is 266 g/mol. The van der Waals surface area contributed by atoms with Crippen molar-refractivity contribution in [2.45, 2.75) is 79.2 Å². The fourth-order valence-electron chi connectivity index (χ4n) is 5.22. The van der Waals surface area contributed by atoms with Crippen molar-refractivity contribution in [1.82, 2.24) is 0 Å². The van der Waals surface area contributed by atoms with Gasteiger partial charge in [0.05, 0.1) is 0 Å². The summed E-state index contributed by atoms with van der Waals surface area (Å²) in [6, 6.07) is 0. The third kappa shape index (κ3) is 2.32. The Bertz CT molecular complexity index is 373. The van der Waals surface area contributed by atoms with E-state index in [9.17, 15) is 4.79 Å². The first kappa shape index (κ1) is 14.9. The summed E-state index contributed by atoms with van der Waals surface area (Å²) in [6.45, 7) is 13.3. The van der Waals surface area contributed by atoms with Gasteiger partial charge in [0.1, 0.15) is 5.60 Å². The Morgan fingerprint density at radius 3 is 2.32 bits per heavy atom. The first-order valence-corrected chi connectivity index (χ1v) is 7.81. The molecule has 2 rings (SSSR count). The summed E-state index contributed by atoms with van der Waals surface area (Å²) in [7, 11) is 0. The standard InChI is InChI=1S/C17H30O2/c1-12-16(5)10-7-9-15(3,4)14(16)8-11-17(12,6)19-13(2)18/h12,14H,7-11H2,1-6H3/t12-,14?,16-,17-/m1/s1. The Morgan fingerprint density at radius 2 is 1.74 bits per heavy atom. The van der Waals surface area contributed by atoms with Gasteiger partial charge >= 0.3 is 5.97 Å². The van der Waals surface area contributed by atoms with Crippen LogP contribution in [0.5, 0.6) is 0 Å². The fourth-order valence-corrected chi connectivity index (χ4v) is 5.22. The predicted octanol–water partition coefficient (Wildman–Crippen LogP) is 4.57. The van der Waals surface area contributed by atoms with Crippen LogP contribution in [-0.4, -0.2) is 11.6 Å². The average molecular weight is 266 g/mol. The molecule has 0 N–H and O–H groups in total. The number of hydrogen-bond donors (Lipinski definition) is 0. The second-order valence-electron chi connectivity index (χ2n) is 8.07. The molecule has 0 radical (unpaired) electrons. The van der Waals surface area contributed by atoms with E-state index in [1.807, 2.05) is 0 Å². The zero-order chi connectivity index (χ0) is 14.5. The number of esters is 1. The molecule has 0 saturated heterocycles. The lowest BCUT2D eigenvalue weighted by Gasteiger charge is -2.61. The highest BCUT2D eigenvalue weighted by Crippen LogP contribution is 2.62. The summed E-state index contributed by atoms with van der Waals surface area (Å²) in [6.07, 6.45) is 6.12. The molecule has 0 aromatic carbocycles. The van der Waals surface area contributed by atoms with Gasteiger partial charge in [0.25, 0.3) is 0 Å². The minimum absolute atomic E-state index is 0.133. The average Bonchev–Trinajstić information content (AvgIpc) is 2.23. The summed E-state index contributed by atoms with van der Waals surface area (Å²) in [5.41, 5.74) is 0.466. The molecule has 0 spiro atoms. The minimum atomic E-state index is -0.273. The van der Waals surface area contributed by atoms with E-state index < -0.39 is 0 Å². The summed E-state index contributed by atoms with van der Waals surface area (Å²) in [5.74, 6) is 1.06. The maximum atomic E-state index is 11.4. The first-order chi connectivity index (χ1) is 8.62. The third-order valence-electron chi connectivity index (χ3n) is 6.49. The van der Waals surface area contributed by atoms with Crippen LogP contribution in [0.1, 0.15) is 73.6 Å².